The number of piperidine rings is 1. The second-order valence-corrected chi connectivity index (χ2v) is 9.44. The molecule has 1 atom stereocenters. The summed E-state index contributed by atoms with van der Waals surface area (Å²) in [5.74, 6) is -0.0649. The van der Waals surface area contributed by atoms with E-state index in [2.05, 4.69) is 10.1 Å². The van der Waals surface area contributed by atoms with Crippen molar-refractivity contribution < 1.29 is 27.4 Å². The lowest BCUT2D eigenvalue weighted by molar-refractivity contribution is -0.0190. The number of hydrogen-bond donors (Lipinski definition) is 0. The lowest BCUT2D eigenvalue weighted by atomic mass is 10.1. The zero-order valence-corrected chi connectivity index (χ0v) is 18.3. The number of aromatic nitrogens is 2. The first-order valence-electron chi connectivity index (χ1n) is 9.68. The molecule has 0 spiro atoms. The van der Waals surface area contributed by atoms with Crippen LogP contribution in [0.5, 0.6) is 0 Å². The van der Waals surface area contributed by atoms with Gasteiger partial charge in [0.2, 0.25) is 0 Å². The first-order valence-corrected chi connectivity index (χ1v) is 11.2. The van der Waals surface area contributed by atoms with E-state index in [1.54, 1.807) is 11.0 Å². The number of carbonyl (C=O) groups is 1. The van der Waals surface area contributed by atoms with Crippen LogP contribution in [0.15, 0.2) is 27.6 Å². The maximum Gasteiger partial charge on any atom is 0.410 e. The third-order valence-electron chi connectivity index (χ3n) is 4.50. The van der Waals surface area contributed by atoms with E-state index < -0.39 is 22.2 Å². The van der Waals surface area contributed by atoms with Gasteiger partial charge in [-0.3, -0.25) is 4.21 Å². The minimum absolute atomic E-state index is 0.0260. The number of benzene rings is 1. The summed E-state index contributed by atoms with van der Waals surface area (Å²) in [5.41, 5.74) is -0.108. The normalized spacial score (nSPS) is 16.5. The first-order chi connectivity index (χ1) is 14.1. The molecule has 30 heavy (non-hydrogen) atoms. The molecule has 3 rings (SSSR count). The number of nitrogens with zero attached hydrogens (tertiary/aromatic N) is 3. The van der Waals surface area contributed by atoms with Gasteiger partial charge >= 0.3 is 6.09 Å². The topological polar surface area (TPSA) is 94.8 Å². The van der Waals surface area contributed by atoms with Crippen LogP contribution in [0.2, 0.25) is 0 Å². The molecule has 8 nitrogen and oxygen atoms in total. The molecular formula is C20H26FN3O5S. The second-order valence-electron chi connectivity index (χ2n) is 8.09. The number of hydrogen-bond acceptors (Lipinski definition) is 7. The zero-order chi connectivity index (χ0) is 21.9. The van der Waals surface area contributed by atoms with E-state index in [4.69, 9.17) is 14.0 Å². The summed E-state index contributed by atoms with van der Waals surface area (Å²) < 4.78 is 41.9. The summed E-state index contributed by atoms with van der Waals surface area (Å²) >= 11 is 0. The van der Waals surface area contributed by atoms with Crippen LogP contribution in [0.25, 0.3) is 11.5 Å². The highest BCUT2D eigenvalue weighted by Gasteiger charge is 2.27. The Morgan fingerprint density at radius 2 is 2.03 bits per heavy atom. The van der Waals surface area contributed by atoms with Crippen LogP contribution in [-0.2, 0) is 26.9 Å². The predicted molar refractivity (Wildman–Crippen MR) is 108 cm³/mol. The van der Waals surface area contributed by atoms with Crippen LogP contribution in [0.3, 0.4) is 0 Å². The van der Waals surface area contributed by atoms with E-state index in [0.29, 0.717) is 37.3 Å². The van der Waals surface area contributed by atoms with Crippen LogP contribution < -0.4 is 0 Å². The molecule has 10 heteroatoms. The Hall–Kier alpha value is -2.33. The molecule has 0 radical (unpaired) electrons. The van der Waals surface area contributed by atoms with Crippen molar-refractivity contribution in [2.45, 2.75) is 56.8 Å². The van der Waals surface area contributed by atoms with Gasteiger partial charge in [0, 0.05) is 24.9 Å². The van der Waals surface area contributed by atoms with Gasteiger partial charge in [-0.1, -0.05) is 5.16 Å². The standard InChI is InChI=1S/C20H26FN3O5S/c1-20(2,3)28-19(25)24-9-7-14(8-10-24)27-12-17-22-18(29-23-17)13-5-6-16(30(4)26)15(21)11-13/h5-6,11,14H,7-10,12H2,1-4H3. The summed E-state index contributed by atoms with van der Waals surface area (Å²) in [5, 5.41) is 3.87. The van der Waals surface area contributed by atoms with Crippen molar-refractivity contribution in [3.8, 4) is 11.5 Å². The minimum atomic E-state index is -1.41. The Balaban J connectivity index is 1.50. The Morgan fingerprint density at radius 3 is 2.63 bits per heavy atom. The Kier molecular flexibility index (Phi) is 6.87. The quantitative estimate of drug-likeness (QED) is 0.703. The molecule has 1 aliphatic rings. The second kappa shape index (κ2) is 9.22. The van der Waals surface area contributed by atoms with E-state index in [9.17, 15) is 13.4 Å². The average Bonchev–Trinajstić information content (AvgIpc) is 3.14. The van der Waals surface area contributed by atoms with Crippen LogP contribution in [-0.4, -0.2) is 56.4 Å². The predicted octanol–water partition coefficient (Wildman–Crippen LogP) is 3.53. The van der Waals surface area contributed by atoms with Gasteiger partial charge in [-0.25, -0.2) is 9.18 Å². The molecule has 0 saturated carbocycles. The van der Waals surface area contributed by atoms with Crippen LogP contribution >= 0.6 is 0 Å². The van der Waals surface area contributed by atoms with Crippen molar-refractivity contribution in [1.82, 2.24) is 15.0 Å². The zero-order valence-electron chi connectivity index (χ0n) is 17.5. The van der Waals surface area contributed by atoms with Crippen molar-refractivity contribution in [3.05, 3.63) is 29.8 Å². The molecule has 2 aromatic rings. The van der Waals surface area contributed by atoms with E-state index in [1.165, 1.54) is 18.4 Å². The largest absolute Gasteiger partial charge is 0.444 e. The van der Waals surface area contributed by atoms with Gasteiger partial charge in [0.1, 0.15) is 18.0 Å². The van der Waals surface area contributed by atoms with Gasteiger partial charge in [0.15, 0.2) is 5.82 Å². The number of likely N-dealkylation sites (tertiary alicyclic amines) is 1. The fourth-order valence-corrected chi connectivity index (χ4v) is 3.61. The van der Waals surface area contributed by atoms with E-state index in [-0.39, 0.29) is 29.6 Å². The van der Waals surface area contributed by atoms with Crippen molar-refractivity contribution >= 4 is 16.9 Å². The smallest absolute Gasteiger partial charge is 0.410 e. The molecule has 1 fully saturated rings. The number of rotatable bonds is 5. The highest BCUT2D eigenvalue weighted by molar-refractivity contribution is 7.84. The summed E-state index contributed by atoms with van der Waals surface area (Å²) in [7, 11) is -1.41. The van der Waals surface area contributed by atoms with E-state index in [1.807, 2.05) is 20.8 Å². The average molecular weight is 440 g/mol. The van der Waals surface area contributed by atoms with Gasteiger partial charge in [0.05, 0.1) is 21.8 Å². The Morgan fingerprint density at radius 1 is 1.33 bits per heavy atom. The number of ether oxygens (including phenoxy) is 2. The number of amides is 1. The SMILES string of the molecule is CS(=O)c1ccc(-c2nc(COC3CCN(C(=O)OC(C)(C)C)CC3)no2)cc1F. The maximum atomic E-state index is 14.0. The van der Waals surface area contributed by atoms with Crippen molar-refractivity contribution in [2.75, 3.05) is 19.3 Å². The molecule has 1 aromatic carbocycles. The third-order valence-corrected chi connectivity index (χ3v) is 5.45. The van der Waals surface area contributed by atoms with Gasteiger partial charge < -0.3 is 18.9 Å². The molecule has 1 unspecified atom stereocenters. The fraction of sp³-hybridized carbons (Fsp3) is 0.550. The lowest BCUT2D eigenvalue weighted by Crippen LogP contribution is -2.43. The molecule has 2 heterocycles. The molecule has 0 aliphatic carbocycles. The van der Waals surface area contributed by atoms with E-state index >= 15 is 0 Å². The number of carbonyl (C=O) groups excluding carboxylic acids is 1. The first kappa shape index (κ1) is 22.4. The summed E-state index contributed by atoms with van der Waals surface area (Å²) in [4.78, 5) is 18.1. The van der Waals surface area contributed by atoms with Gasteiger partial charge in [-0.05, 0) is 51.8 Å². The van der Waals surface area contributed by atoms with E-state index in [0.717, 1.165) is 0 Å². The van der Waals surface area contributed by atoms with Crippen LogP contribution in [0, 0.1) is 5.82 Å². The molecule has 0 bridgehead atoms. The monoisotopic (exact) mass is 439 g/mol. The highest BCUT2D eigenvalue weighted by Crippen LogP contribution is 2.23. The van der Waals surface area contributed by atoms with Crippen molar-refractivity contribution in [3.63, 3.8) is 0 Å². The summed E-state index contributed by atoms with van der Waals surface area (Å²) in [6, 6.07) is 4.26. The Labute approximate surface area is 177 Å². The lowest BCUT2D eigenvalue weighted by Gasteiger charge is -2.33. The summed E-state index contributed by atoms with van der Waals surface area (Å²) in [6.07, 6.45) is 2.45. The fourth-order valence-electron chi connectivity index (χ4n) is 3.02. The van der Waals surface area contributed by atoms with Crippen molar-refractivity contribution in [2.24, 2.45) is 0 Å². The third kappa shape index (κ3) is 5.85. The van der Waals surface area contributed by atoms with Gasteiger partial charge in [-0.2, -0.15) is 4.98 Å². The molecule has 1 saturated heterocycles. The van der Waals surface area contributed by atoms with Crippen LogP contribution in [0.4, 0.5) is 9.18 Å². The molecule has 0 N–H and O–H groups in total. The van der Waals surface area contributed by atoms with Gasteiger partial charge in [0.25, 0.3) is 5.89 Å². The molecule has 1 aliphatic heterocycles. The van der Waals surface area contributed by atoms with Gasteiger partial charge in [-0.15, -0.1) is 0 Å². The van der Waals surface area contributed by atoms with Crippen molar-refractivity contribution in [1.29, 1.82) is 0 Å². The minimum Gasteiger partial charge on any atom is -0.444 e. The highest BCUT2D eigenvalue weighted by atomic mass is 32.2. The molecular weight excluding hydrogens is 413 g/mol. The molecule has 1 amide bonds. The summed E-state index contributed by atoms with van der Waals surface area (Å²) in [6.45, 7) is 6.79. The van der Waals surface area contributed by atoms with Crippen LogP contribution in [0.1, 0.15) is 39.4 Å². The molecule has 164 valence electrons. The maximum absolute atomic E-state index is 14.0. The number of halogens is 1. The molecule has 1 aromatic heterocycles. The Bertz CT molecular complexity index is 919.